The van der Waals surface area contributed by atoms with Crippen molar-refractivity contribution in [1.29, 1.82) is 0 Å². The molecule has 0 unspecified atom stereocenters. The summed E-state index contributed by atoms with van der Waals surface area (Å²) in [6, 6.07) is 4.01. The van der Waals surface area contributed by atoms with Crippen LogP contribution in [0.15, 0.2) is 12.1 Å². The van der Waals surface area contributed by atoms with Crippen molar-refractivity contribution >= 4 is 5.91 Å². The van der Waals surface area contributed by atoms with Crippen LogP contribution in [0.2, 0.25) is 0 Å². The molecule has 14 heavy (non-hydrogen) atoms. The second-order valence-corrected chi connectivity index (χ2v) is 3.41. The summed E-state index contributed by atoms with van der Waals surface area (Å²) in [5, 5.41) is 2.80. The van der Waals surface area contributed by atoms with Crippen molar-refractivity contribution in [2.75, 3.05) is 0 Å². The third-order valence-corrected chi connectivity index (χ3v) is 1.94. The predicted octanol–water partition coefficient (Wildman–Crippen LogP) is 1.72. The molecule has 76 valence electrons. The Labute approximate surface area is 84.6 Å². The number of amides is 1. The van der Waals surface area contributed by atoms with Gasteiger partial charge in [0.05, 0.1) is 12.2 Å². The molecule has 3 nitrogen and oxygen atoms in total. The van der Waals surface area contributed by atoms with E-state index < -0.39 is 0 Å². The lowest BCUT2D eigenvalue weighted by Gasteiger charge is -2.05. The van der Waals surface area contributed by atoms with Crippen LogP contribution in [0.3, 0.4) is 0 Å². The molecular weight excluding hydrogens is 176 g/mol. The van der Waals surface area contributed by atoms with Crippen molar-refractivity contribution in [1.82, 2.24) is 10.3 Å². The molecule has 0 saturated carbocycles. The number of hydrogen-bond donors (Lipinski definition) is 1. The molecule has 0 aliphatic heterocycles. The van der Waals surface area contributed by atoms with E-state index in [1.807, 2.05) is 32.9 Å². The molecule has 3 heteroatoms. The van der Waals surface area contributed by atoms with E-state index in [4.69, 9.17) is 0 Å². The van der Waals surface area contributed by atoms with Gasteiger partial charge in [0, 0.05) is 12.1 Å². The van der Waals surface area contributed by atoms with Crippen LogP contribution in [-0.2, 0) is 11.3 Å². The van der Waals surface area contributed by atoms with Crippen molar-refractivity contribution in [3.8, 4) is 0 Å². The molecule has 1 amide bonds. The van der Waals surface area contributed by atoms with E-state index in [-0.39, 0.29) is 5.91 Å². The van der Waals surface area contributed by atoms with Crippen molar-refractivity contribution < 1.29 is 4.79 Å². The van der Waals surface area contributed by atoms with Crippen molar-refractivity contribution in [3.05, 3.63) is 29.1 Å². The Bertz CT molecular complexity index is 314. The normalized spacial score (nSPS) is 9.93. The minimum absolute atomic E-state index is 0.0611. The number of pyridine rings is 1. The Hall–Kier alpha value is -1.38. The number of aromatic nitrogens is 1. The standard InChI is InChI=1S/C11H16N2O/c1-4-11(14)12-7-10-6-8(2)5-9(3)13-10/h5-6H,4,7H2,1-3H3,(H,12,14). The molecule has 1 N–H and O–H groups in total. The van der Waals surface area contributed by atoms with Crippen molar-refractivity contribution in [2.45, 2.75) is 33.7 Å². The SMILES string of the molecule is CCC(=O)NCc1cc(C)cc(C)n1. The molecule has 0 aromatic carbocycles. The highest BCUT2D eigenvalue weighted by Crippen LogP contribution is 2.03. The molecule has 0 fully saturated rings. The highest BCUT2D eigenvalue weighted by molar-refractivity contribution is 5.75. The fraction of sp³-hybridized carbons (Fsp3) is 0.455. The maximum Gasteiger partial charge on any atom is 0.220 e. The Balaban J connectivity index is 2.63. The third-order valence-electron chi connectivity index (χ3n) is 1.94. The van der Waals surface area contributed by atoms with Crippen LogP contribution in [0.4, 0.5) is 0 Å². The molecule has 0 bridgehead atoms. The first-order chi connectivity index (χ1) is 6.61. The van der Waals surface area contributed by atoms with Crippen LogP contribution >= 0.6 is 0 Å². The van der Waals surface area contributed by atoms with Gasteiger partial charge in [-0.25, -0.2) is 0 Å². The largest absolute Gasteiger partial charge is 0.350 e. The quantitative estimate of drug-likeness (QED) is 0.792. The second kappa shape index (κ2) is 4.74. The molecule has 1 rings (SSSR count). The summed E-state index contributed by atoms with van der Waals surface area (Å²) < 4.78 is 0. The Morgan fingerprint density at radius 1 is 1.43 bits per heavy atom. The van der Waals surface area contributed by atoms with E-state index in [0.29, 0.717) is 13.0 Å². The van der Waals surface area contributed by atoms with Crippen LogP contribution < -0.4 is 5.32 Å². The van der Waals surface area contributed by atoms with E-state index in [9.17, 15) is 4.79 Å². The average Bonchev–Trinajstić information content (AvgIpc) is 2.12. The zero-order valence-corrected chi connectivity index (χ0v) is 8.92. The lowest BCUT2D eigenvalue weighted by molar-refractivity contribution is -0.120. The number of hydrogen-bond acceptors (Lipinski definition) is 2. The molecule has 1 aromatic heterocycles. The minimum Gasteiger partial charge on any atom is -0.350 e. The van der Waals surface area contributed by atoms with Gasteiger partial charge < -0.3 is 5.32 Å². The Morgan fingerprint density at radius 3 is 2.71 bits per heavy atom. The molecule has 0 aliphatic rings. The van der Waals surface area contributed by atoms with Crippen molar-refractivity contribution in [3.63, 3.8) is 0 Å². The molecular formula is C11H16N2O. The topological polar surface area (TPSA) is 42.0 Å². The summed E-state index contributed by atoms with van der Waals surface area (Å²) in [5.74, 6) is 0.0611. The van der Waals surface area contributed by atoms with Gasteiger partial charge in [0.1, 0.15) is 0 Å². The van der Waals surface area contributed by atoms with Crippen LogP contribution in [0, 0.1) is 13.8 Å². The van der Waals surface area contributed by atoms with Crippen LogP contribution in [0.25, 0.3) is 0 Å². The van der Waals surface area contributed by atoms with E-state index >= 15 is 0 Å². The van der Waals surface area contributed by atoms with Gasteiger partial charge in [0.15, 0.2) is 0 Å². The Kier molecular flexibility index (Phi) is 3.63. The maximum atomic E-state index is 11.0. The van der Waals surface area contributed by atoms with E-state index in [2.05, 4.69) is 10.3 Å². The first-order valence-corrected chi connectivity index (χ1v) is 4.82. The number of nitrogens with zero attached hydrogens (tertiary/aromatic N) is 1. The number of rotatable bonds is 3. The summed E-state index contributed by atoms with van der Waals surface area (Å²) in [4.78, 5) is 15.3. The van der Waals surface area contributed by atoms with E-state index in [0.717, 1.165) is 11.4 Å². The molecule has 1 aromatic rings. The van der Waals surface area contributed by atoms with Gasteiger partial charge in [-0.2, -0.15) is 0 Å². The molecule has 0 aliphatic carbocycles. The summed E-state index contributed by atoms with van der Waals surface area (Å²) >= 11 is 0. The molecule has 0 saturated heterocycles. The first-order valence-electron chi connectivity index (χ1n) is 4.82. The van der Waals surface area contributed by atoms with Crippen LogP contribution in [-0.4, -0.2) is 10.9 Å². The minimum atomic E-state index is 0.0611. The lowest BCUT2D eigenvalue weighted by Crippen LogP contribution is -2.22. The van der Waals surface area contributed by atoms with Gasteiger partial charge in [0.2, 0.25) is 5.91 Å². The zero-order valence-electron chi connectivity index (χ0n) is 8.92. The van der Waals surface area contributed by atoms with Gasteiger partial charge in [-0.1, -0.05) is 6.92 Å². The number of carbonyl (C=O) groups excluding carboxylic acids is 1. The van der Waals surface area contributed by atoms with Gasteiger partial charge in [0.25, 0.3) is 0 Å². The molecule has 0 spiro atoms. The zero-order chi connectivity index (χ0) is 10.6. The summed E-state index contributed by atoms with van der Waals surface area (Å²) in [6.45, 7) is 6.34. The predicted molar refractivity (Wildman–Crippen MR) is 55.8 cm³/mol. The summed E-state index contributed by atoms with van der Waals surface area (Å²) in [7, 11) is 0. The smallest absolute Gasteiger partial charge is 0.220 e. The number of nitrogens with one attached hydrogen (secondary N) is 1. The summed E-state index contributed by atoms with van der Waals surface area (Å²) in [6.07, 6.45) is 0.519. The van der Waals surface area contributed by atoms with Gasteiger partial charge in [-0.05, 0) is 31.5 Å². The second-order valence-electron chi connectivity index (χ2n) is 3.41. The lowest BCUT2D eigenvalue weighted by atomic mass is 10.2. The fourth-order valence-corrected chi connectivity index (χ4v) is 1.33. The summed E-state index contributed by atoms with van der Waals surface area (Å²) in [5.41, 5.74) is 3.09. The fourth-order valence-electron chi connectivity index (χ4n) is 1.33. The monoisotopic (exact) mass is 192 g/mol. The molecule has 0 atom stereocenters. The van der Waals surface area contributed by atoms with Crippen LogP contribution in [0.5, 0.6) is 0 Å². The van der Waals surface area contributed by atoms with Crippen molar-refractivity contribution in [2.24, 2.45) is 0 Å². The number of aryl methyl sites for hydroxylation is 2. The average molecular weight is 192 g/mol. The maximum absolute atomic E-state index is 11.0. The van der Waals surface area contributed by atoms with E-state index in [1.165, 1.54) is 5.56 Å². The van der Waals surface area contributed by atoms with Gasteiger partial charge in [-0.3, -0.25) is 9.78 Å². The van der Waals surface area contributed by atoms with E-state index in [1.54, 1.807) is 0 Å². The van der Waals surface area contributed by atoms with Crippen LogP contribution in [0.1, 0.15) is 30.3 Å². The van der Waals surface area contributed by atoms with Gasteiger partial charge >= 0.3 is 0 Å². The number of carbonyl (C=O) groups is 1. The first kappa shape index (κ1) is 10.7. The molecule has 1 heterocycles. The van der Waals surface area contributed by atoms with Gasteiger partial charge in [-0.15, -0.1) is 0 Å². The highest BCUT2D eigenvalue weighted by Gasteiger charge is 2.00. The highest BCUT2D eigenvalue weighted by atomic mass is 16.1. The third kappa shape index (κ3) is 3.17. The Morgan fingerprint density at radius 2 is 2.14 bits per heavy atom. The molecule has 0 radical (unpaired) electrons.